The van der Waals surface area contributed by atoms with Gasteiger partial charge in [0, 0.05) is 93.2 Å². The Morgan fingerprint density at radius 2 is 1.84 bits per heavy atom. The highest BCUT2D eigenvalue weighted by Gasteiger charge is 2.31. The molecule has 0 radical (unpaired) electrons. The minimum absolute atomic E-state index is 0.130. The van der Waals surface area contributed by atoms with Crippen molar-refractivity contribution >= 4 is 55.7 Å². The van der Waals surface area contributed by atoms with E-state index in [2.05, 4.69) is 38.5 Å². The summed E-state index contributed by atoms with van der Waals surface area (Å²) in [6, 6.07) is 16.4. The molecule has 6 aromatic rings. The zero-order chi connectivity index (χ0) is 42.8. The van der Waals surface area contributed by atoms with Crippen molar-refractivity contribution in [3.63, 3.8) is 0 Å². The molecule has 17 heteroatoms. The molecule has 0 saturated carbocycles. The lowest BCUT2D eigenvalue weighted by molar-refractivity contribution is -0.145. The molecule has 2 aromatic carbocycles. The molecule has 1 fully saturated rings. The number of carboxylic acids is 1. The number of carboxylic acid groups (broad SMARTS) is 1. The van der Waals surface area contributed by atoms with Crippen LogP contribution < -0.4 is 9.47 Å². The van der Waals surface area contributed by atoms with E-state index < -0.39 is 24.8 Å². The van der Waals surface area contributed by atoms with Crippen molar-refractivity contribution in [1.29, 1.82) is 0 Å². The van der Waals surface area contributed by atoms with E-state index in [0.29, 0.717) is 51.6 Å². The Bertz CT molecular complexity index is 2630. The number of rotatable bonds is 15. The van der Waals surface area contributed by atoms with E-state index in [9.17, 15) is 23.1 Å². The highest BCUT2D eigenvalue weighted by atomic mass is 35.5. The first-order valence-corrected chi connectivity index (χ1v) is 21.1. The third-order valence-electron chi connectivity index (χ3n) is 11.3. The van der Waals surface area contributed by atoms with Crippen LogP contribution in [0.15, 0.2) is 89.6 Å². The number of aromatic nitrogens is 5. The Morgan fingerprint density at radius 3 is 2.62 bits per heavy atom. The van der Waals surface area contributed by atoms with Crippen LogP contribution in [0.5, 0.6) is 11.6 Å². The molecule has 0 amide bonds. The van der Waals surface area contributed by atoms with Crippen LogP contribution >= 0.6 is 23.1 Å². The van der Waals surface area contributed by atoms with Gasteiger partial charge in [0.1, 0.15) is 31.3 Å². The Morgan fingerprint density at radius 1 is 1.03 bits per heavy atom. The lowest BCUT2D eigenvalue weighted by Crippen LogP contribution is -2.45. The Labute approximate surface area is 359 Å². The monoisotopic (exact) mass is 875 g/mol. The fourth-order valence-corrected chi connectivity index (χ4v) is 8.86. The molecule has 2 aliphatic rings. The van der Waals surface area contributed by atoms with Crippen LogP contribution in [-0.4, -0.2) is 103 Å². The van der Waals surface area contributed by atoms with Gasteiger partial charge in [-0.25, -0.2) is 4.79 Å². The summed E-state index contributed by atoms with van der Waals surface area (Å²) in [4.78, 5) is 22.7. The first kappa shape index (κ1) is 42.3. The van der Waals surface area contributed by atoms with Crippen LogP contribution in [0.25, 0.3) is 37.8 Å². The first-order valence-electron chi connectivity index (χ1n) is 20.0. The van der Waals surface area contributed by atoms with Crippen LogP contribution in [-0.2, 0) is 36.2 Å². The summed E-state index contributed by atoms with van der Waals surface area (Å²) in [5, 5.41) is 16.5. The number of ether oxygens (including phenoxy) is 3. The molecule has 0 bridgehead atoms. The van der Waals surface area contributed by atoms with Gasteiger partial charge in [-0.1, -0.05) is 35.9 Å². The van der Waals surface area contributed by atoms with E-state index in [0.717, 1.165) is 87.9 Å². The molecule has 1 N–H and O–H groups in total. The average molecular weight is 876 g/mol. The number of aliphatic carboxylic acids is 1. The number of hydrogen-bond acceptors (Lipinski definition) is 10. The van der Waals surface area contributed by atoms with Gasteiger partial charge < -0.3 is 28.8 Å². The summed E-state index contributed by atoms with van der Waals surface area (Å²) in [5.41, 5.74) is 5.81. The zero-order valence-corrected chi connectivity index (χ0v) is 35.5. The predicted octanol–water partition coefficient (Wildman–Crippen LogP) is 8.54. The maximum Gasteiger partial charge on any atom is 0.408 e. The summed E-state index contributed by atoms with van der Waals surface area (Å²) >= 11 is 8.31. The van der Waals surface area contributed by atoms with Crippen LogP contribution in [0.3, 0.4) is 0 Å². The Hall–Kier alpha value is -5.42. The number of carbonyl (C=O) groups is 1. The van der Waals surface area contributed by atoms with Crippen molar-refractivity contribution in [3.05, 3.63) is 106 Å². The largest absolute Gasteiger partial charge is 0.495 e. The normalized spacial score (nSPS) is 16.2. The van der Waals surface area contributed by atoms with Gasteiger partial charge in [-0.05, 0) is 79.0 Å². The van der Waals surface area contributed by atoms with Crippen molar-refractivity contribution in [3.8, 4) is 22.9 Å². The lowest BCUT2D eigenvalue weighted by atomic mass is 9.87. The van der Waals surface area contributed by atoms with E-state index in [-0.39, 0.29) is 24.6 Å². The van der Waals surface area contributed by atoms with Crippen molar-refractivity contribution in [1.82, 2.24) is 33.5 Å². The molecular formula is C44H45ClF3N7O5S. The average Bonchev–Trinajstić information content (AvgIpc) is 3.96. The Balaban J connectivity index is 1.12. The first-order chi connectivity index (χ1) is 29.3. The third-order valence-corrected chi connectivity index (χ3v) is 12.5. The van der Waals surface area contributed by atoms with Crippen molar-refractivity contribution in [2.24, 2.45) is 7.05 Å². The molecule has 5 heterocycles. The van der Waals surface area contributed by atoms with Crippen molar-refractivity contribution < 1.29 is 37.3 Å². The van der Waals surface area contributed by atoms with Crippen molar-refractivity contribution in [2.75, 3.05) is 46.4 Å². The second-order valence-electron chi connectivity index (χ2n) is 15.4. The molecule has 61 heavy (non-hydrogen) atoms. The minimum Gasteiger partial charge on any atom is -0.495 e. The highest BCUT2D eigenvalue weighted by Crippen LogP contribution is 2.47. The number of hydrogen-bond donors (Lipinski definition) is 1. The molecule has 1 aliphatic heterocycles. The number of aryl methyl sites for hydroxylation is 1. The molecular weight excluding hydrogens is 831 g/mol. The topological polar surface area (TPSA) is 120 Å². The second-order valence-corrected chi connectivity index (χ2v) is 16.6. The van der Waals surface area contributed by atoms with Crippen LogP contribution in [0, 0.1) is 0 Å². The summed E-state index contributed by atoms with van der Waals surface area (Å²) in [5.74, 6) is -0.0615. The maximum atomic E-state index is 13.2. The number of pyridine rings is 1. The number of alkyl halides is 3. The quantitative estimate of drug-likeness (QED) is 0.108. The van der Waals surface area contributed by atoms with Gasteiger partial charge in [-0.15, -0.1) is 0 Å². The molecule has 320 valence electrons. The van der Waals surface area contributed by atoms with E-state index in [1.807, 2.05) is 36.9 Å². The SMILES string of the molecule is CC1=C(c2c(-c3ccc4c(ccn4C)c3)ncc3snc(O[C@H](Cc4ccccc4OCc4ccnn4CC(F)(F)F)C(=O)O)c23)CCC(OCCN2CCN(C)CC2)=C1Cl. The van der Waals surface area contributed by atoms with Crippen LogP contribution in [0.2, 0.25) is 0 Å². The van der Waals surface area contributed by atoms with E-state index in [1.165, 1.54) is 12.3 Å². The van der Waals surface area contributed by atoms with Gasteiger partial charge >= 0.3 is 12.1 Å². The van der Waals surface area contributed by atoms with Crippen molar-refractivity contribution in [2.45, 2.75) is 51.6 Å². The highest BCUT2D eigenvalue weighted by molar-refractivity contribution is 7.13. The molecule has 0 spiro atoms. The standard InChI is InChI=1S/C44H45ClF3N7O5S/c1-27-32(9-11-35(40(27)45)58-21-20-54-18-16-52(2)17-19-54)38-39-37(24-49-41(38)30-8-10-33-28(22-30)13-15-53(33)3)61-51-42(39)60-36(43(56)57)23-29-6-4-5-7-34(29)59-25-31-12-14-50-55(31)26-44(46,47)48/h4-8,10,12-15,22,24,36H,9,11,16-21,23,25-26H2,1-3H3,(H,56,57)/t36-/m1/s1. The number of para-hydroxylation sites is 1. The number of allylic oxidation sites excluding steroid dienone is 4. The summed E-state index contributed by atoms with van der Waals surface area (Å²) in [7, 11) is 4.12. The minimum atomic E-state index is -4.46. The molecule has 12 nitrogen and oxygen atoms in total. The van der Waals surface area contributed by atoms with E-state index in [4.69, 9.17) is 30.8 Å². The number of benzene rings is 2. The smallest absolute Gasteiger partial charge is 0.408 e. The van der Waals surface area contributed by atoms with E-state index >= 15 is 0 Å². The van der Waals surface area contributed by atoms with Gasteiger partial charge in [0.15, 0.2) is 0 Å². The Kier molecular flexibility index (Phi) is 12.4. The summed E-state index contributed by atoms with van der Waals surface area (Å²) in [6.45, 7) is 5.86. The molecule has 4 aromatic heterocycles. The zero-order valence-electron chi connectivity index (χ0n) is 33.9. The van der Waals surface area contributed by atoms with Gasteiger partial charge in [0.25, 0.3) is 0 Å². The van der Waals surface area contributed by atoms with Crippen LogP contribution in [0.4, 0.5) is 13.2 Å². The number of piperazine rings is 1. The molecule has 1 aliphatic carbocycles. The number of nitrogens with zero attached hydrogens (tertiary/aromatic N) is 7. The molecule has 0 unspecified atom stereocenters. The molecule has 1 saturated heterocycles. The van der Waals surface area contributed by atoms with E-state index in [1.54, 1.807) is 30.5 Å². The molecule has 8 rings (SSSR count). The summed E-state index contributed by atoms with van der Waals surface area (Å²) in [6.07, 6.45) is 0.140. The number of fused-ring (bicyclic) bond motifs is 2. The fourth-order valence-electron chi connectivity index (χ4n) is 7.90. The lowest BCUT2D eigenvalue weighted by Gasteiger charge is -2.32. The summed E-state index contributed by atoms with van der Waals surface area (Å²) < 4.78 is 66.4. The predicted molar refractivity (Wildman–Crippen MR) is 229 cm³/mol. The van der Waals surface area contributed by atoms with Gasteiger partial charge in [-0.2, -0.15) is 22.6 Å². The third kappa shape index (κ3) is 9.42. The second kappa shape index (κ2) is 17.9. The van der Waals surface area contributed by atoms with Gasteiger partial charge in [0.2, 0.25) is 12.0 Å². The van der Waals surface area contributed by atoms with Gasteiger partial charge in [0.05, 0.1) is 26.5 Å². The number of likely N-dealkylation sites (N-methyl/N-ethyl adjacent to an activating group) is 1. The fraction of sp³-hybridized carbons (Fsp3) is 0.364. The maximum absolute atomic E-state index is 13.2. The number of halogens is 4. The molecule has 1 atom stereocenters. The van der Waals surface area contributed by atoms with Gasteiger partial charge in [-0.3, -0.25) is 14.6 Å². The van der Waals surface area contributed by atoms with Crippen LogP contribution in [0.1, 0.15) is 36.6 Å².